The Morgan fingerprint density at radius 2 is 1.83 bits per heavy atom. The molecule has 150 valence electrons. The van der Waals surface area contributed by atoms with E-state index in [0.29, 0.717) is 12.2 Å². The zero-order valence-corrected chi connectivity index (χ0v) is 17.0. The Morgan fingerprint density at radius 1 is 1.07 bits per heavy atom. The Kier molecular flexibility index (Phi) is 5.73. The standard InChI is InChI=1S/C24H28N4O/c1-2-28-23-16-20(29-15-14-27-12-4-3-5-13-27)10-11-21(23)22(17-25)24(28)18-6-8-19(26)9-7-18/h6-11,16H,2-5,12-15,26H2,1H3. The number of aromatic nitrogens is 1. The number of piperidine rings is 1. The lowest BCUT2D eigenvalue weighted by molar-refractivity contribution is 0.183. The van der Waals surface area contributed by atoms with Crippen LogP contribution in [0.15, 0.2) is 42.5 Å². The van der Waals surface area contributed by atoms with Gasteiger partial charge in [-0.05, 0) is 62.7 Å². The maximum absolute atomic E-state index is 9.87. The molecule has 1 aliphatic rings. The second-order valence-corrected chi connectivity index (χ2v) is 7.63. The van der Waals surface area contributed by atoms with Gasteiger partial charge in [0, 0.05) is 30.2 Å². The van der Waals surface area contributed by atoms with Crippen LogP contribution in [0.2, 0.25) is 0 Å². The Hall–Kier alpha value is -2.97. The molecule has 4 rings (SSSR count). The van der Waals surface area contributed by atoms with Crippen LogP contribution in [-0.4, -0.2) is 35.7 Å². The van der Waals surface area contributed by atoms with E-state index in [1.54, 1.807) is 0 Å². The van der Waals surface area contributed by atoms with E-state index in [-0.39, 0.29) is 0 Å². The summed E-state index contributed by atoms with van der Waals surface area (Å²) in [5.74, 6) is 0.857. The molecule has 29 heavy (non-hydrogen) atoms. The molecular formula is C24H28N4O. The van der Waals surface area contributed by atoms with Crippen LogP contribution in [0.3, 0.4) is 0 Å². The molecule has 2 aromatic carbocycles. The summed E-state index contributed by atoms with van der Waals surface area (Å²) in [6.07, 6.45) is 3.93. The summed E-state index contributed by atoms with van der Waals surface area (Å²) in [5, 5.41) is 10.8. The van der Waals surface area contributed by atoms with Crippen LogP contribution in [0, 0.1) is 11.3 Å². The van der Waals surface area contributed by atoms with Gasteiger partial charge in [-0.1, -0.05) is 18.6 Å². The summed E-state index contributed by atoms with van der Waals surface area (Å²) >= 11 is 0. The Bertz CT molecular complexity index is 1020. The van der Waals surface area contributed by atoms with Crippen molar-refractivity contribution in [1.29, 1.82) is 5.26 Å². The zero-order valence-electron chi connectivity index (χ0n) is 17.0. The molecule has 0 amide bonds. The van der Waals surface area contributed by atoms with E-state index >= 15 is 0 Å². The second kappa shape index (κ2) is 8.59. The average Bonchev–Trinajstić information content (AvgIpc) is 3.07. The largest absolute Gasteiger partial charge is 0.492 e. The normalized spacial score (nSPS) is 14.8. The molecule has 0 atom stereocenters. The van der Waals surface area contributed by atoms with Crippen LogP contribution in [0.25, 0.3) is 22.2 Å². The number of nitriles is 1. The number of likely N-dealkylation sites (tertiary alicyclic amines) is 1. The van der Waals surface area contributed by atoms with E-state index in [1.807, 2.05) is 36.4 Å². The molecule has 0 aliphatic carbocycles. The molecule has 1 saturated heterocycles. The van der Waals surface area contributed by atoms with Crippen LogP contribution in [0.4, 0.5) is 5.69 Å². The molecule has 2 N–H and O–H groups in total. The summed E-state index contributed by atoms with van der Waals surface area (Å²) in [6.45, 7) is 6.89. The highest BCUT2D eigenvalue weighted by atomic mass is 16.5. The summed E-state index contributed by atoms with van der Waals surface area (Å²) in [7, 11) is 0. The van der Waals surface area contributed by atoms with E-state index in [4.69, 9.17) is 10.5 Å². The van der Waals surface area contributed by atoms with Crippen LogP contribution in [-0.2, 0) is 6.54 Å². The third kappa shape index (κ3) is 3.94. The van der Waals surface area contributed by atoms with Crippen LogP contribution in [0.5, 0.6) is 5.75 Å². The first-order valence-corrected chi connectivity index (χ1v) is 10.5. The number of benzene rings is 2. The van der Waals surface area contributed by atoms with Crippen molar-refractivity contribution in [3.05, 3.63) is 48.0 Å². The Labute approximate surface area is 172 Å². The van der Waals surface area contributed by atoms with Gasteiger partial charge < -0.3 is 15.0 Å². The first-order valence-electron chi connectivity index (χ1n) is 10.5. The van der Waals surface area contributed by atoms with Crippen molar-refractivity contribution in [2.45, 2.75) is 32.7 Å². The highest BCUT2D eigenvalue weighted by Gasteiger charge is 2.18. The molecule has 0 bridgehead atoms. The quantitative estimate of drug-likeness (QED) is 0.624. The smallest absolute Gasteiger partial charge is 0.121 e. The van der Waals surface area contributed by atoms with Crippen molar-refractivity contribution in [2.24, 2.45) is 0 Å². The molecule has 1 aliphatic heterocycles. The maximum atomic E-state index is 9.87. The van der Waals surface area contributed by atoms with Gasteiger partial charge in [0.25, 0.3) is 0 Å². The average molecular weight is 389 g/mol. The number of nitrogens with two attached hydrogens (primary N) is 1. The minimum Gasteiger partial charge on any atom is -0.492 e. The van der Waals surface area contributed by atoms with Crippen LogP contribution in [0.1, 0.15) is 31.7 Å². The topological polar surface area (TPSA) is 67.2 Å². The number of anilines is 1. The number of hydrogen-bond donors (Lipinski definition) is 1. The summed E-state index contributed by atoms with van der Waals surface area (Å²) < 4.78 is 8.26. The maximum Gasteiger partial charge on any atom is 0.121 e. The van der Waals surface area contributed by atoms with Gasteiger partial charge in [-0.2, -0.15) is 5.26 Å². The predicted octanol–water partition coefficient (Wildman–Crippen LogP) is 4.65. The molecular weight excluding hydrogens is 360 g/mol. The van der Waals surface area contributed by atoms with Crippen molar-refractivity contribution >= 4 is 16.6 Å². The molecule has 0 spiro atoms. The lowest BCUT2D eigenvalue weighted by Gasteiger charge is -2.26. The van der Waals surface area contributed by atoms with Crippen molar-refractivity contribution in [1.82, 2.24) is 9.47 Å². The third-order valence-corrected chi connectivity index (χ3v) is 5.77. The van der Waals surface area contributed by atoms with E-state index in [9.17, 15) is 5.26 Å². The zero-order chi connectivity index (χ0) is 20.2. The highest BCUT2D eigenvalue weighted by molar-refractivity contribution is 5.95. The number of nitrogens with zero attached hydrogens (tertiary/aromatic N) is 3. The lowest BCUT2D eigenvalue weighted by atomic mass is 10.1. The van der Waals surface area contributed by atoms with Gasteiger partial charge in [0.2, 0.25) is 0 Å². The SMILES string of the molecule is CCn1c(-c2ccc(N)cc2)c(C#N)c2ccc(OCCN3CCCCC3)cc21. The van der Waals surface area contributed by atoms with Gasteiger partial charge in [-0.15, -0.1) is 0 Å². The molecule has 0 radical (unpaired) electrons. The van der Waals surface area contributed by atoms with Gasteiger partial charge >= 0.3 is 0 Å². The molecule has 2 heterocycles. The van der Waals surface area contributed by atoms with E-state index in [0.717, 1.165) is 46.7 Å². The van der Waals surface area contributed by atoms with Crippen molar-refractivity contribution in [3.63, 3.8) is 0 Å². The van der Waals surface area contributed by atoms with E-state index in [2.05, 4.69) is 28.5 Å². The highest BCUT2D eigenvalue weighted by Crippen LogP contribution is 2.35. The van der Waals surface area contributed by atoms with Gasteiger partial charge in [-0.3, -0.25) is 4.90 Å². The number of fused-ring (bicyclic) bond motifs is 1. The number of ether oxygens (including phenoxy) is 1. The molecule has 0 unspecified atom stereocenters. The third-order valence-electron chi connectivity index (χ3n) is 5.77. The molecule has 3 aromatic rings. The monoisotopic (exact) mass is 388 g/mol. The molecule has 5 heteroatoms. The number of nitrogen functional groups attached to an aromatic ring is 1. The first-order chi connectivity index (χ1) is 14.2. The van der Waals surface area contributed by atoms with Gasteiger partial charge in [0.1, 0.15) is 18.4 Å². The Morgan fingerprint density at radius 3 is 2.52 bits per heavy atom. The fourth-order valence-corrected chi connectivity index (χ4v) is 4.28. The second-order valence-electron chi connectivity index (χ2n) is 7.63. The molecule has 5 nitrogen and oxygen atoms in total. The van der Waals surface area contributed by atoms with Crippen molar-refractivity contribution in [3.8, 4) is 23.1 Å². The fraction of sp³-hybridized carbons (Fsp3) is 0.375. The fourth-order valence-electron chi connectivity index (χ4n) is 4.28. The summed E-state index contributed by atoms with van der Waals surface area (Å²) in [6, 6.07) is 16.2. The molecule has 1 fully saturated rings. The van der Waals surface area contributed by atoms with Gasteiger partial charge in [0.05, 0.1) is 16.8 Å². The molecule has 0 saturated carbocycles. The van der Waals surface area contributed by atoms with Crippen molar-refractivity contribution < 1.29 is 4.74 Å². The van der Waals surface area contributed by atoms with Crippen LogP contribution >= 0.6 is 0 Å². The number of aryl methyl sites for hydroxylation is 1. The summed E-state index contributed by atoms with van der Waals surface area (Å²) in [4.78, 5) is 2.48. The number of rotatable bonds is 6. The van der Waals surface area contributed by atoms with E-state index < -0.39 is 0 Å². The first kappa shape index (κ1) is 19.4. The Balaban J connectivity index is 1.63. The number of hydrogen-bond acceptors (Lipinski definition) is 4. The van der Waals surface area contributed by atoms with Gasteiger partial charge in [0.15, 0.2) is 0 Å². The predicted molar refractivity (Wildman–Crippen MR) is 118 cm³/mol. The van der Waals surface area contributed by atoms with Crippen LogP contribution < -0.4 is 10.5 Å². The van der Waals surface area contributed by atoms with E-state index in [1.165, 1.54) is 32.4 Å². The summed E-state index contributed by atoms with van der Waals surface area (Å²) in [5.41, 5.74) is 10.2. The van der Waals surface area contributed by atoms with Crippen molar-refractivity contribution in [2.75, 3.05) is 32.0 Å². The minimum atomic E-state index is 0.689. The molecule has 1 aromatic heterocycles. The van der Waals surface area contributed by atoms with Gasteiger partial charge in [-0.25, -0.2) is 0 Å². The minimum absolute atomic E-state index is 0.689. The lowest BCUT2D eigenvalue weighted by Crippen LogP contribution is -2.33.